The molecule has 1 amide bonds. The third-order valence-corrected chi connectivity index (χ3v) is 4.96. The minimum absolute atomic E-state index is 0.0491. The SMILES string of the molecule is Nc1ccc(C(=O)OCC(=O)NCCC(c2ccccc2)c2ccccc2)cc1[N+](=O)[O-]. The lowest BCUT2D eigenvalue weighted by molar-refractivity contribution is -0.383. The number of esters is 1. The lowest BCUT2D eigenvalue weighted by atomic mass is 9.88. The molecule has 0 fully saturated rings. The quantitative estimate of drug-likeness (QED) is 0.230. The molecular weight excluding hydrogens is 410 g/mol. The molecule has 0 aliphatic rings. The number of anilines is 1. The molecule has 0 heterocycles. The molecule has 32 heavy (non-hydrogen) atoms. The van der Waals surface area contributed by atoms with Gasteiger partial charge in [-0.25, -0.2) is 4.79 Å². The van der Waals surface area contributed by atoms with Gasteiger partial charge in [-0.05, 0) is 29.7 Å². The average Bonchev–Trinajstić information content (AvgIpc) is 2.81. The van der Waals surface area contributed by atoms with Crippen molar-refractivity contribution in [3.8, 4) is 0 Å². The molecule has 0 spiro atoms. The van der Waals surface area contributed by atoms with Gasteiger partial charge in [-0.15, -0.1) is 0 Å². The Labute approximate surface area is 185 Å². The largest absolute Gasteiger partial charge is 0.452 e. The first-order valence-corrected chi connectivity index (χ1v) is 10.0. The number of rotatable bonds is 9. The first-order chi connectivity index (χ1) is 15.5. The second kappa shape index (κ2) is 10.7. The Morgan fingerprint density at radius 1 is 0.969 bits per heavy atom. The molecule has 0 saturated heterocycles. The smallest absolute Gasteiger partial charge is 0.338 e. The Morgan fingerprint density at radius 3 is 2.12 bits per heavy atom. The third-order valence-electron chi connectivity index (χ3n) is 4.96. The van der Waals surface area contributed by atoms with Crippen molar-refractivity contribution in [2.45, 2.75) is 12.3 Å². The van der Waals surface area contributed by atoms with Crippen LogP contribution in [0.15, 0.2) is 78.9 Å². The zero-order chi connectivity index (χ0) is 22.9. The predicted octanol–water partition coefficient (Wildman–Crippen LogP) is 3.67. The van der Waals surface area contributed by atoms with Crippen LogP contribution in [0.25, 0.3) is 0 Å². The average molecular weight is 433 g/mol. The van der Waals surface area contributed by atoms with E-state index in [4.69, 9.17) is 10.5 Å². The van der Waals surface area contributed by atoms with E-state index in [0.717, 1.165) is 17.2 Å². The molecule has 3 aromatic carbocycles. The number of hydrogen-bond donors (Lipinski definition) is 2. The molecule has 0 bridgehead atoms. The molecule has 0 radical (unpaired) electrons. The summed E-state index contributed by atoms with van der Waals surface area (Å²) in [4.78, 5) is 34.5. The molecule has 3 N–H and O–H groups in total. The van der Waals surface area contributed by atoms with E-state index in [2.05, 4.69) is 5.32 Å². The van der Waals surface area contributed by atoms with Gasteiger partial charge in [-0.1, -0.05) is 60.7 Å². The maximum atomic E-state index is 12.1. The van der Waals surface area contributed by atoms with Crippen molar-refractivity contribution in [1.29, 1.82) is 0 Å². The van der Waals surface area contributed by atoms with Gasteiger partial charge in [0.15, 0.2) is 6.61 Å². The van der Waals surface area contributed by atoms with Crippen LogP contribution in [0.3, 0.4) is 0 Å². The minimum atomic E-state index is -0.838. The lowest BCUT2D eigenvalue weighted by Gasteiger charge is -2.18. The number of nitro benzene ring substituents is 1. The fraction of sp³-hybridized carbons (Fsp3) is 0.167. The molecule has 8 heteroatoms. The number of benzene rings is 3. The van der Waals surface area contributed by atoms with E-state index in [9.17, 15) is 19.7 Å². The summed E-state index contributed by atoms with van der Waals surface area (Å²) in [5.41, 5.74) is 7.30. The van der Waals surface area contributed by atoms with Gasteiger partial charge in [0, 0.05) is 18.5 Å². The third kappa shape index (κ3) is 5.91. The van der Waals surface area contributed by atoms with Crippen LogP contribution < -0.4 is 11.1 Å². The summed E-state index contributed by atoms with van der Waals surface area (Å²) in [7, 11) is 0. The van der Waals surface area contributed by atoms with Crippen LogP contribution >= 0.6 is 0 Å². The number of nitrogens with two attached hydrogens (primary N) is 1. The number of nitrogens with zero attached hydrogens (tertiary/aromatic N) is 1. The van der Waals surface area contributed by atoms with Crippen LogP contribution in [0.4, 0.5) is 11.4 Å². The second-order valence-corrected chi connectivity index (χ2v) is 7.12. The molecule has 0 aliphatic heterocycles. The fourth-order valence-electron chi connectivity index (χ4n) is 3.35. The maximum Gasteiger partial charge on any atom is 0.338 e. The summed E-state index contributed by atoms with van der Waals surface area (Å²) in [6, 6.07) is 23.6. The number of carbonyl (C=O) groups excluding carboxylic acids is 2. The Balaban J connectivity index is 1.53. The van der Waals surface area contributed by atoms with E-state index in [1.165, 1.54) is 12.1 Å². The van der Waals surface area contributed by atoms with Gasteiger partial charge in [-0.2, -0.15) is 0 Å². The molecule has 0 atom stereocenters. The first kappa shape index (κ1) is 22.5. The molecule has 3 rings (SSSR count). The molecule has 0 saturated carbocycles. The number of nitrogens with one attached hydrogen (secondary N) is 1. The highest BCUT2D eigenvalue weighted by molar-refractivity contribution is 5.92. The summed E-state index contributed by atoms with van der Waals surface area (Å²) in [5.74, 6) is -1.19. The summed E-state index contributed by atoms with van der Waals surface area (Å²) < 4.78 is 4.98. The van der Waals surface area contributed by atoms with Gasteiger partial charge < -0.3 is 15.8 Å². The highest BCUT2D eigenvalue weighted by Gasteiger charge is 2.18. The minimum Gasteiger partial charge on any atom is -0.452 e. The maximum absolute atomic E-state index is 12.1. The normalized spacial score (nSPS) is 10.5. The number of carbonyl (C=O) groups is 2. The second-order valence-electron chi connectivity index (χ2n) is 7.12. The Bertz CT molecular complexity index is 1050. The fourth-order valence-corrected chi connectivity index (χ4v) is 3.35. The summed E-state index contributed by atoms with van der Waals surface area (Å²) in [6.07, 6.45) is 0.665. The van der Waals surface area contributed by atoms with Gasteiger partial charge >= 0.3 is 5.97 Å². The first-order valence-electron chi connectivity index (χ1n) is 10.0. The zero-order valence-electron chi connectivity index (χ0n) is 17.3. The van der Waals surface area contributed by atoms with Gasteiger partial charge in [-0.3, -0.25) is 14.9 Å². The molecule has 0 unspecified atom stereocenters. The van der Waals surface area contributed by atoms with Gasteiger partial charge in [0.2, 0.25) is 0 Å². The van der Waals surface area contributed by atoms with Crippen molar-refractivity contribution >= 4 is 23.3 Å². The van der Waals surface area contributed by atoms with Gasteiger partial charge in [0.05, 0.1) is 10.5 Å². The van der Waals surface area contributed by atoms with Gasteiger partial charge in [0.1, 0.15) is 5.69 Å². The Morgan fingerprint density at radius 2 is 1.56 bits per heavy atom. The molecule has 3 aromatic rings. The zero-order valence-corrected chi connectivity index (χ0v) is 17.3. The molecule has 0 aliphatic carbocycles. The molecular formula is C24H23N3O5. The van der Waals surface area contributed by atoms with Crippen molar-refractivity contribution in [1.82, 2.24) is 5.32 Å². The monoisotopic (exact) mass is 433 g/mol. The van der Waals surface area contributed by atoms with E-state index in [-0.39, 0.29) is 17.2 Å². The predicted molar refractivity (Wildman–Crippen MR) is 120 cm³/mol. The number of ether oxygens (including phenoxy) is 1. The molecule has 164 valence electrons. The van der Waals surface area contributed by atoms with Crippen molar-refractivity contribution in [2.75, 3.05) is 18.9 Å². The standard InChI is InChI=1S/C24H23N3O5/c25-21-12-11-19(15-22(21)27(30)31)24(29)32-16-23(28)26-14-13-20(17-7-3-1-4-8-17)18-9-5-2-6-10-18/h1-12,15,20H,13-14,16,25H2,(H,26,28). The highest BCUT2D eigenvalue weighted by Crippen LogP contribution is 2.27. The van der Waals surface area contributed by atoms with Crippen LogP contribution in [-0.4, -0.2) is 30.0 Å². The van der Waals surface area contributed by atoms with Crippen molar-refractivity contribution in [2.24, 2.45) is 0 Å². The van der Waals surface area contributed by atoms with Crippen LogP contribution in [0.1, 0.15) is 33.8 Å². The number of hydrogen-bond acceptors (Lipinski definition) is 6. The van der Waals surface area contributed by atoms with Gasteiger partial charge in [0.25, 0.3) is 11.6 Å². The summed E-state index contributed by atoms with van der Waals surface area (Å²) in [5, 5.41) is 13.7. The summed E-state index contributed by atoms with van der Waals surface area (Å²) in [6.45, 7) is -0.101. The Hall–Kier alpha value is -4.20. The van der Waals surface area contributed by atoms with E-state index >= 15 is 0 Å². The topological polar surface area (TPSA) is 125 Å². The molecule has 8 nitrogen and oxygen atoms in total. The number of nitrogen functional groups attached to an aromatic ring is 1. The van der Waals surface area contributed by atoms with E-state index in [0.29, 0.717) is 13.0 Å². The van der Waals surface area contributed by atoms with Crippen molar-refractivity contribution < 1.29 is 19.2 Å². The number of nitro groups is 1. The van der Waals surface area contributed by atoms with Crippen LogP contribution in [0.5, 0.6) is 0 Å². The van der Waals surface area contributed by atoms with Crippen LogP contribution in [-0.2, 0) is 9.53 Å². The highest BCUT2D eigenvalue weighted by atomic mass is 16.6. The lowest BCUT2D eigenvalue weighted by Crippen LogP contribution is -2.30. The summed E-state index contributed by atoms with van der Waals surface area (Å²) >= 11 is 0. The number of amides is 1. The van der Waals surface area contributed by atoms with Crippen molar-refractivity contribution in [3.05, 3.63) is 106 Å². The Kier molecular flexibility index (Phi) is 7.53. The van der Waals surface area contributed by atoms with Crippen molar-refractivity contribution in [3.63, 3.8) is 0 Å². The van der Waals surface area contributed by atoms with Crippen LogP contribution in [0.2, 0.25) is 0 Å². The van der Waals surface area contributed by atoms with E-state index in [1.54, 1.807) is 0 Å². The van der Waals surface area contributed by atoms with E-state index < -0.39 is 29.1 Å². The van der Waals surface area contributed by atoms with E-state index in [1.807, 2.05) is 60.7 Å². The van der Waals surface area contributed by atoms with Crippen LogP contribution in [0, 0.1) is 10.1 Å². The molecule has 0 aromatic heterocycles.